The molecule has 150 valence electrons. The van der Waals surface area contributed by atoms with Gasteiger partial charge in [-0.15, -0.1) is 0 Å². The minimum Gasteiger partial charge on any atom is -0.508 e. The number of amides is 2. The van der Waals surface area contributed by atoms with Crippen LogP contribution >= 0.6 is 12.6 Å². The number of hydrogen-bond acceptors (Lipinski definition) is 6. The first-order valence-corrected chi connectivity index (χ1v) is 9.25. The zero-order valence-electron chi connectivity index (χ0n) is 15.4. The molecule has 3 unspecified atom stereocenters. The number of phenolic OH excluding ortho intramolecular Hbond substituents is 1. The van der Waals surface area contributed by atoms with Gasteiger partial charge in [-0.2, -0.15) is 12.6 Å². The predicted octanol–water partition coefficient (Wildman–Crippen LogP) is 0.292. The first-order chi connectivity index (χ1) is 12.6. The van der Waals surface area contributed by atoms with Gasteiger partial charge in [-0.3, -0.25) is 9.59 Å². The van der Waals surface area contributed by atoms with Crippen LogP contribution in [0.5, 0.6) is 5.75 Å². The average Bonchev–Trinajstić information content (AvgIpc) is 2.59. The van der Waals surface area contributed by atoms with Gasteiger partial charge in [0, 0.05) is 12.2 Å². The third-order valence-corrected chi connectivity index (χ3v) is 4.23. The molecule has 1 aromatic carbocycles. The number of aromatic hydroxyl groups is 1. The SMILES string of the molecule is CC(C)CC(N)C(=O)NC(CS)C(=O)NC(Cc1ccc(O)cc1)C(=O)O. The normalized spacial score (nSPS) is 14.3. The largest absolute Gasteiger partial charge is 0.508 e. The summed E-state index contributed by atoms with van der Waals surface area (Å²) in [6, 6.07) is 3.06. The molecule has 27 heavy (non-hydrogen) atoms. The van der Waals surface area contributed by atoms with Crippen LogP contribution in [0.1, 0.15) is 25.8 Å². The van der Waals surface area contributed by atoms with Gasteiger partial charge in [0.25, 0.3) is 0 Å². The second-order valence-electron chi connectivity index (χ2n) is 6.75. The van der Waals surface area contributed by atoms with Gasteiger partial charge < -0.3 is 26.6 Å². The summed E-state index contributed by atoms with van der Waals surface area (Å²) in [4.78, 5) is 36.0. The summed E-state index contributed by atoms with van der Waals surface area (Å²) in [5.74, 6) is -2.07. The van der Waals surface area contributed by atoms with E-state index in [-0.39, 0.29) is 23.8 Å². The predicted molar refractivity (Wildman–Crippen MR) is 105 cm³/mol. The summed E-state index contributed by atoms with van der Waals surface area (Å²) in [6.45, 7) is 3.85. The Morgan fingerprint density at radius 2 is 1.63 bits per heavy atom. The van der Waals surface area contributed by atoms with E-state index in [1.165, 1.54) is 12.1 Å². The van der Waals surface area contributed by atoms with Gasteiger partial charge in [-0.25, -0.2) is 4.79 Å². The zero-order valence-corrected chi connectivity index (χ0v) is 16.3. The van der Waals surface area contributed by atoms with E-state index in [0.29, 0.717) is 12.0 Å². The van der Waals surface area contributed by atoms with E-state index < -0.39 is 35.9 Å². The first kappa shape index (κ1) is 22.8. The van der Waals surface area contributed by atoms with Crippen LogP contribution in [0.4, 0.5) is 0 Å². The molecule has 0 aromatic heterocycles. The van der Waals surface area contributed by atoms with Gasteiger partial charge in [0.2, 0.25) is 11.8 Å². The Bertz CT molecular complexity index is 651. The molecule has 0 fully saturated rings. The van der Waals surface area contributed by atoms with E-state index in [4.69, 9.17) is 5.73 Å². The van der Waals surface area contributed by atoms with Crippen LogP contribution in [0.3, 0.4) is 0 Å². The Labute approximate surface area is 163 Å². The Morgan fingerprint density at radius 3 is 2.11 bits per heavy atom. The smallest absolute Gasteiger partial charge is 0.326 e. The molecule has 9 heteroatoms. The number of carboxylic acid groups (broad SMARTS) is 1. The number of rotatable bonds is 10. The van der Waals surface area contributed by atoms with Gasteiger partial charge in [0.15, 0.2) is 0 Å². The fourth-order valence-electron chi connectivity index (χ4n) is 2.43. The monoisotopic (exact) mass is 397 g/mol. The number of carbonyl (C=O) groups excluding carboxylic acids is 2. The van der Waals surface area contributed by atoms with Gasteiger partial charge >= 0.3 is 5.97 Å². The number of hydrogen-bond donors (Lipinski definition) is 6. The lowest BCUT2D eigenvalue weighted by Gasteiger charge is -2.22. The molecule has 3 atom stereocenters. The number of phenols is 1. The first-order valence-electron chi connectivity index (χ1n) is 8.62. The summed E-state index contributed by atoms with van der Waals surface area (Å²) in [5, 5.41) is 23.6. The molecule has 0 aliphatic rings. The molecule has 0 spiro atoms. The maximum Gasteiger partial charge on any atom is 0.326 e. The van der Waals surface area contributed by atoms with Crippen molar-refractivity contribution in [2.75, 3.05) is 5.75 Å². The van der Waals surface area contributed by atoms with Crippen molar-refractivity contribution >= 4 is 30.4 Å². The van der Waals surface area contributed by atoms with Crippen molar-refractivity contribution in [1.29, 1.82) is 0 Å². The van der Waals surface area contributed by atoms with E-state index >= 15 is 0 Å². The second kappa shape index (κ2) is 10.8. The van der Waals surface area contributed by atoms with Crippen molar-refractivity contribution in [2.24, 2.45) is 11.7 Å². The third kappa shape index (κ3) is 7.88. The summed E-state index contributed by atoms with van der Waals surface area (Å²) in [5.41, 5.74) is 6.43. The number of thiol groups is 1. The molecule has 0 heterocycles. The van der Waals surface area contributed by atoms with Crippen molar-refractivity contribution < 1.29 is 24.6 Å². The lowest BCUT2D eigenvalue weighted by molar-refractivity contribution is -0.142. The van der Waals surface area contributed by atoms with E-state index in [1.54, 1.807) is 12.1 Å². The standard InChI is InChI=1S/C18H27N3O5S/c1-10(2)7-13(19)16(23)21-15(9-27)17(24)20-14(18(25)26)8-11-3-5-12(22)6-4-11/h3-6,10,13-15,22,27H,7-9,19H2,1-2H3,(H,20,24)(H,21,23)(H,25,26). The van der Waals surface area contributed by atoms with Crippen molar-refractivity contribution in [2.45, 2.75) is 44.8 Å². The quantitative estimate of drug-likeness (QED) is 0.314. The molecule has 0 bridgehead atoms. The Balaban J connectivity index is 2.73. The minimum atomic E-state index is -1.21. The van der Waals surface area contributed by atoms with Gasteiger partial charge in [-0.05, 0) is 30.0 Å². The van der Waals surface area contributed by atoms with Crippen LogP contribution in [0.25, 0.3) is 0 Å². The lowest BCUT2D eigenvalue weighted by atomic mass is 10.0. The van der Waals surface area contributed by atoms with Crippen LogP contribution < -0.4 is 16.4 Å². The van der Waals surface area contributed by atoms with Gasteiger partial charge in [0.05, 0.1) is 6.04 Å². The summed E-state index contributed by atoms with van der Waals surface area (Å²) < 4.78 is 0. The number of carboxylic acids is 1. The molecule has 1 rings (SSSR count). The highest BCUT2D eigenvalue weighted by molar-refractivity contribution is 7.80. The van der Waals surface area contributed by atoms with E-state index in [9.17, 15) is 24.6 Å². The maximum atomic E-state index is 12.4. The van der Waals surface area contributed by atoms with Gasteiger partial charge in [0.1, 0.15) is 17.8 Å². The minimum absolute atomic E-state index is 0.00246. The molecule has 0 aliphatic heterocycles. The molecule has 0 aliphatic carbocycles. The van der Waals surface area contributed by atoms with Crippen molar-refractivity contribution in [3.8, 4) is 5.75 Å². The summed E-state index contributed by atoms with van der Waals surface area (Å²) in [6.07, 6.45) is 0.493. The van der Waals surface area contributed by atoms with Crippen LogP contribution in [0.15, 0.2) is 24.3 Å². The average molecular weight is 397 g/mol. The Morgan fingerprint density at radius 1 is 1.07 bits per heavy atom. The van der Waals surface area contributed by atoms with E-state index in [0.717, 1.165) is 0 Å². The molecular formula is C18H27N3O5S. The van der Waals surface area contributed by atoms with Gasteiger partial charge in [-0.1, -0.05) is 26.0 Å². The number of benzene rings is 1. The summed E-state index contributed by atoms with van der Waals surface area (Å²) in [7, 11) is 0. The Hall–Kier alpha value is -2.26. The topological polar surface area (TPSA) is 142 Å². The summed E-state index contributed by atoms with van der Waals surface area (Å²) >= 11 is 4.06. The van der Waals surface area contributed by atoms with Crippen molar-refractivity contribution in [1.82, 2.24) is 10.6 Å². The number of carbonyl (C=O) groups is 3. The van der Waals surface area contributed by atoms with Crippen LogP contribution in [-0.4, -0.2) is 51.9 Å². The molecule has 0 saturated heterocycles. The molecule has 8 nitrogen and oxygen atoms in total. The molecule has 1 aromatic rings. The van der Waals surface area contributed by atoms with E-state index in [2.05, 4.69) is 23.3 Å². The van der Waals surface area contributed by atoms with Crippen LogP contribution in [0.2, 0.25) is 0 Å². The lowest BCUT2D eigenvalue weighted by Crippen LogP contribution is -2.55. The molecule has 0 saturated carbocycles. The molecule has 0 radical (unpaired) electrons. The highest BCUT2D eigenvalue weighted by Gasteiger charge is 2.27. The van der Waals surface area contributed by atoms with Crippen molar-refractivity contribution in [3.05, 3.63) is 29.8 Å². The fraction of sp³-hybridized carbons (Fsp3) is 0.500. The highest BCUT2D eigenvalue weighted by Crippen LogP contribution is 2.11. The maximum absolute atomic E-state index is 12.4. The van der Waals surface area contributed by atoms with Crippen molar-refractivity contribution in [3.63, 3.8) is 0 Å². The van der Waals surface area contributed by atoms with Crippen LogP contribution in [-0.2, 0) is 20.8 Å². The Kier molecular flexibility index (Phi) is 9.10. The zero-order chi connectivity index (χ0) is 20.6. The second-order valence-corrected chi connectivity index (χ2v) is 7.11. The van der Waals surface area contributed by atoms with Crippen LogP contribution in [0, 0.1) is 5.92 Å². The molecular weight excluding hydrogens is 370 g/mol. The number of nitrogens with two attached hydrogens (primary N) is 1. The highest BCUT2D eigenvalue weighted by atomic mass is 32.1. The number of aliphatic carboxylic acids is 1. The van der Waals surface area contributed by atoms with E-state index in [1.807, 2.05) is 13.8 Å². The number of nitrogens with one attached hydrogen (secondary N) is 2. The third-order valence-electron chi connectivity index (χ3n) is 3.87. The molecule has 6 N–H and O–H groups in total. The fourth-order valence-corrected chi connectivity index (χ4v) is 2.69. The molecule has 2 amide bonds.